The molecule has 1 fully saturated rings. The summed E-state index contributed by atoms with van der Waals surface area (Å²) in [7, 11) is 1.53. The molecule has 1 amide bonds. The summed E-state index contributed by atoms with van der Waals surface area (Å²) in [5.74, 6) is -2.03. The van der Waals surface area contributed by atoms with Gasteiger partial charge in [-0.2, -0.15) is 0 Å². The summed E-state index contributed by atoms with van der Waals surface area (Å²) in [6.45, 7) is 5.59. The minimum atomic E-state index is -1.12. The Morgan fingerprint density at radius 3 is 2.30 bits per heavy atom. The Hall–Kier alpha value is -3.93. The van der Waals surface area contributed by atoms with Crippen LogP contribution in [-0.2, 0) is 9.59 Å². The molecule has 0 aromatic heterocycles. The molecule has 0 spiro atoms. The molecule has 1 atom stereocenters. The van der Waals surface area contributed by atoms with E-state index in [0.717, 1.165) is 11.1 Å². The van der Waals surface area contributed by atoms with E-state index >= 15 is 0 Å². The Labute approximate surface area is 191 Å². The highest BCUT2D eigenvalue weighted by Gasteiger charge is 2.48. The zero-order valence-corrected chi connectivity index (χ0v) is 18.8. The highest BCUT2D eigenvalue weighted by molar-refractivity contribution is 6.51. The number of amides is 1. The largest absolute Gasteiger partial charge is 0.507 e. The van der Waals surface area contributed by atoms with Crippen molar-refractivity contribution >= 4 is 23.1 Å². The van der Waals surface area contributed by atoms with Crippen molar-refractivity contribution in [2.45, 2.75) is 26.8 Å². The maximum absolute atomic E-state index is 15.0. The number of aliphatic hydroxyl groups is 1. The van der Waals surface area contributed by atoms with E-state index in [2.05, 4.69) is 0 Å². The van der Waals surface area contributed by atoms with Crippen molar-refractivity contribution < 1.29 is 23.8 Å². The lowest BCUT2D eigenvalue weighted by Crippen LogP contribution is -2.30. The SMILES string of the molecule is COc1ccc(/C(O)=C2\C(=O)C(=O)N(c3ccc(C)c(C)c3)C2c2ccccc2F)c(C)c1. The highest BCUT2D eigenvalue weighted by Crippen LogP contribution is 2.43. The molecule has 168 valence electrons. The number of carbonyl (C=O) groups is 2. The molecule has 1 unspecified atom stereocenters. The van der Waals surface area contributed by atoms with Gasteiger partial charge in [0, 0.05) is 16.8 Å². The molecular formula is C27H24FNO4. The number of halogens is 1. The first-order chi connectivity index (χ1) is 15.7. The van der Waals surface area contributed by atoms with Crippen molar-refractivity contribution in [1.82, 2.24) is 0 Å². The predicted molar refractivity (Wildman–Crippen MR) is 125 cm³/mol. The molecule has 1 N–H and O–H groups in total. The third-order valence-corrected chi connectivity index (χ3v) is 6.10. The normalized spacial score (nSPS) is 17.5. The van der Waals surface area contributed by atoms with Crippen LogP contribution in [0.15, 0.2) is 66.2 Å². The van der Waals surface area contributed by atoms with E-state index in [0.29, 0.717) is 22.6 Å². The highest BCUT2D eigenvalue weighted by atomic mass is 19.1. The fraction of sp³-hybridized carbons (Fsp3) is 0.185. The summed E-state index contributed by atoms with van der Waals surface area (Å²) >= 11 is 0. The zero-order chi connectivity index (χ0) is 23.9. The van der Waals surface area contributed by atoms with E-state index in [4.69, 9.17) is 4.74 Å². The van der Waals surface area contributed by atoms with Crippen molar-refractivity contribution in [1.29, 1.82) is 0 Å². The number of aryl methyl sites for hydroxylation is 3. The van der Waals surface area contributed by atoms with E-state index in [1.54, 1.807) is 43.3 Å². The molecule has 1 aliphatic heterocycles. The van der Waals surface area contributed by atoms with Crippen molar-refractivity contribution in [2.24, 2.45) is 0 Å². The summed E-state index contributed by atoms with van der Waals surface area (Å²) in [5, 5.41) is 11.3. The number of methoxy groups -OCH3 is 1. The number of carbonyl (C=O) groups excluding carboxylic acids is 2. The van der Waals surface area contributed by atoms with E-state index in [-0.39, 0.29) is 16.9 Å². The van der Waals surface area contributed by atoms with Crippen molar-refractivity contribution in [3.05, 3.63) is 99.9 Å². The maximum atomic E-state index is 15.0. The molecule has 0 radical (unpaired) electrons. The summed E-state index contributed by atoms with van der Waals surface area (Å²) in [5.41, 5.74) is 3.39. The van der Waals surface area contributed by atoms with E-state index in [1.807, 2.05) is 19.9 Å². The van der Waals surface area contributed by atoms with Crippen molar-refractivity contribution in [3.8, 4) is 5.75 Å². The summed E-state index contributed by atoms with van der Waals surface area (Å²) in [6, 6.07) is 15.2. The number of aliphatic hydroxyl groups excluding tert-OH is 1. The average molecular weight is 445 g/mol. The van der Waals surface area contributed by atoms with E-state index in [1.165, 1.54) is 30.2 Å². The first kappa shape index (κ1) is 22.3. The molecule has 3 aromatic rings. The van der Waals surface area contributed by atoms with Gasteiger partial charge >= 0.3 is 0 Å². The average Bonchev–Trinajstić information content (AvgIpc) is 3.06. The number of ether oxygens (including phenoxy) is 1. The van der Waals surface area contributed by atoms with Gasteiger partial charge in [0.15, 0.2) is 0 Å². The Balaban J connectivity index is 1.98. The van der Waals surface area contributed by atoms with Gasteiger partial charge in [-0.15, -0.1) is 0 Å². The Morgan fingerprint density at radius 1 is 0.939 bits per heavy atom. The number of hydrogen-bond donors (Lipinski definition) is 1. The maximum Gasteiger partial charge on any atom is 0.300 e. The number of benzene rings is 3. The van der Waals surface area contributed by atoms with Gasteiger partial charge in [0.2, 0.25) is 0 Å². The number of rotatable bonds is 4. The summed E-state index contributed by atoms with van der Waals surface area (Å²) in [6.07, 6.45) is 0. The first-order valence-corrected chi connectivity index (χ1v) is 10.5. The lowest BCUT2D eigenvalue weighted by atomic mass is 9.93. The van der Waals surface area contributed by atoms with Crippen LogP contribution in [0.5, 0.6) is 5.75 Å². The van der Waals surface area contributed by atoms with Gasteiger partial charge in [-0.25, -0.2) is 4.39 Å². The number of ketones is 1. The van der Waals surface area contributed by atoms with Gasteiger partial charge in [-0.1, -0.05) is 24.3 Å². The fourth-order valence-electron chi connectivity index (χ4n) is 4.14. The van der Waals surface area contributed by atoms with Crippen LogP contribution < -0.4 is 9.64 Å². The third-order valence-electron chi connectivity index (χ3n) is 6.10. The Morgan fingerprint density at radius 2 is 1.67 bits per heavy atom. The topological polar surface area (TPSA) is 66.8 Å². The van der Waals surface area contributed by atoms with Gasteiger partial charge in [0.1, 0.15) is 17.3 Å². The van der Waals surface area contributed by atoms with Crippen LogP contribution in [0.25, 0.3) is 5.76 Å². The van der Waals surface area contributed by atoms with Crippen LogP contribution in [0, 0.1) is 26.6 Å². The number of nitrogens with zero attached hydrogens (tertiary/aromatic N) is 1. The fourth-order valence-corrected chi connectivity index (χ4v) is 4.14. The Bertz CT molecular complexity index is 1310. The van der Waals surface area contributed by atoms with Gasteiger partial charge in [-0.05, 0) is 73.9 Å². The Kier molecular flexibility index (Phi) is 5.77. The molecule has 33 heavy (non-hydrogen) atoms. The number of hydrogen-bond acceptors (Lipinski definition) is 4. The second-order valence-electron chi connectivity index (χ2n) is 8.14. The monoisotopic (exact) mass is 445 g/mol. The van der Waals surface area contributed by atoms with Crippen LogP contribution >= 0.6 is 0 Å². The molecule has 3 aromatic carbocycles. The van der Waals surface area contributed by atoms with Gasteiger partial charge < -0.3 is 9.84 Å². The van der Waals surface area contributed by atoms with E-state index < -0.39 is 23.5 Å². The number of Topliss-reactive ketones (excluding diaryl/α,β-unsaturated/α-hetero) is 1. The van der Waals surface area contributed by atoms with Crippen LogP contribution in [0.2, 0.25) is 0 Å². The minimum Gasteiger partial charge on any atom is -0.507 e. The van der Waals surface area contributed by atoms with Gasteiger partial charge in [0.25, 0.3) is 11.7 Å². The first-order valence-electron chi connectivity index (χ1n) is 10.5. The molecule has 0 aliphatic carbocycles. The quantitative estimate of drug-likeness (QED) is 0.332. The lowest BCUT2D eigenvalue weighted by molar-refractivity contribution is -0.132. The summed E-state index contributed by atoms with van der Waals surface area (Å²) in [4.78, 5) is 27.7. The molecule has 1 heterocycles. The van der Waals surface area contributed by atoms with Crippen LogP contribution in [0.3, 0.4) is 0 Å². The minimum absolute atomic E-state index is 0.127. The van der Waals surface area contributed by atoms with Crippen LogP contribution in [0.1, 0.15) is 33.9 Å². The molecule has 0 bridgehead atoms. The molecule has 1 aliphatic rings. The molecule has 0 saturated carbocycles. The summed E-state index contributed by atoms with van der Waals surface area (Å²) < 4.78 is 20.2. The standard InChI is InChI=1S/C27H24FNO4/c1-15-9-10-18(13-16(15)2)29-24(21-7-5-6-8-22(21)28)23(26(31)27(29)32)25(30)20-12-11-19(33-4)14-17(20)3/h5-14,24,30H,1-4H3/b25-23+. The second kappa shape index (κ2) is 8.54. The van der Waals surface area contributed by atoms with Gasteiger partial charge in [0.05, 0.1) is 18.7 Å². The van der Waals surface area contributed by atoms with Crippen LogP contribution in [-0.4, -0.2) is 23.9 Å². The smallest absolute Gasteiger partial charge is 0.300 e. The third kappa shape index (κ3) is 3.78. The second-order valence-corrected chi connectivity index (χ2v) is 8.14. The molecule has 4 rings (SSSR count). The van der Waals surface area contributed by atoms with Crippen molar-refractivity contribution in [3.63, 3.8) is 0 Å². The number of anilines is 1. The van der Waals surface area contributed by atoms with Gasteiger partial charge in [-0.3, -0.25) is 14.5 Å². The molecule has 6 heteroatoms. The van der Waals surface area contributed by atoms with Crippen molar-refractivity contribution in [2.75, 3.05) is 12.0 Å². The van der Waals surface area contributed by atoms with Crippen LogP contribution in [0.4, 0.5) is 10.1 Å². The van der Waals surface area contributed by atoms with E-state index in [9.17, 15) is 19.1 Å². The molecular weight excluding hydrogens is 421 g/mol. The zero-order valence-electron chi connectivity index (χ0n) is 18.8. The molecule has 1 saturated heterocycles. The lowest BCUT2D eigenvalue weighted by Gasteiger charge is -2.26. The predicted octanol–water partition coefficient (Wildman–Crippen LogP) is 5.39. The molecule has 5 nitrogen and oxygen atoms in total.